The summed E-state index contributed by atoms with van der Waals surface area (Å²) in [6, 6.07) is 6.94. The van der Waals surface area contributed by atoms with Crippen LogP contribution >= 0.6 is 0 Å². The minimum absolute atomic E-state index is 0.0276. The molecule has 0 aliphatic rings. The quantitative estimate of drug-likeness (QED) is 0.330. The number of amides is 1. The molecular formula is C13H19N3O2. The molecule has 0 unspecified atom stereocenters. The SMILES string of the molecule is CCC(C)(C)C(=O)Nc1ccccc1C(N)=NO. The van der Waals surface area contributed by atoms with E-state index < -0.39 is 5.41 Å². The molecule has 0 heterocycles. The third-order valence-electron chi connectivity index (χ3n) is 3.06. The lowest BCUT2D eigenvalue weighted by atomic mass is 9.89. The molecule has 0 aromatic heterocycles. The lowest BCUT2D eigenvalue weighted by Crippen LogP contribution is -2.31. The number of nitrogens with two attached hydrogens (primary N) is 1. The fourth-order valence-electron chi connectivity index (χ4n) is 1.32. The number of oxime groups is 1. The molecule has 1 rings (SSSR count). The smallest absolute Gasteiger partial charge is 0.230 e. The second-order valence-electron chi connectivity index (χ2n) is 4.72. The Morgan fingerprint density at radius 3 is 2.61 bits per heavy atom. The molecule has 18 heavy (non-hydrogen) atoms. The molecule has 1 amide bonds. The summed E-state index contributed by atoms with van der Waals surface area (Å²) in [7, 11) is 0. The number of nitrogens with one attached hydrogen (secondary N) is 1. The van der Waals surface area contributed by atoms with Crippen LogP contribution in [0.15, 0.2) is 29.4 Å². The molecule has 0 spiro atoms. The van der Waals surface area contributed by atoms with E-state index in [-0.39, 0.29) is 11.7 Å². The molecule has 0 atom stereocenters. The summed E-state index contributed by atoms with van der Waals surface area (Å²) < 4.78 is 0. The lowest BCUT2D eigenvalue weighted by Gasteiger charge is -2.22. The zero-order valence-corrected chi connectivity index (χ0v) is 10.9. The van der Waals surface area contributed by atoms with Gasteiger partial charge in [-0.3, -0.25) is 4.79 Å². The summed E-state index contributed by atoms with van der Waals surface area (Å²) in [6.07, 6.45) is 0.727. The number of hydrogen-bond acceptors (Lipinski definition) is 3. The molecule has 0 saturated carbocycles. The Bertz CT molecular complexity index is 467. The monoisotopic (exact) mass is 249 g/mol. The minimum Gasteiger partial charge on any atom is -0.409 e. The van der Waals surface area contributed by atoms with E-state index in [1.165, 1.54) is 0 Å². The maximum absolute atomic E-state index is 12.1. The van der Waals surface area contributed by atoms with Crippen molar-refractivity contribution in [3.63, 3.8) is 0 Å². The summed E-state index contributed by atoms with van der Waals surface area (Å²) in [4.78, 5) is 12.1. The van der Waals surface area contributed by atoms with Crippen LogP contribution in [-0.4, -0.2) is 17.0 Å². The summed E-state index contributed by atoms with van der Waals surface area (Å²) in [5, 5.41) is 14.5. The van der Waals surface area contributed by atoms with E-state index in [0.29, 0.717) is 11.3 Å². The van der Waals surface area contributed by atoms with Crippen molar-refractivity contribution in [1.82, 2.24) is 0 Å². The Morgan fingerprint density at radius 2 is 2.06 bits per heavy atom. The molecule has 0 fully saturated rings. The normalized spacial score (nSPS) is 12.3. The molecule has 0 saturated heterocycles. The third-order valence-corrected chi connectivity index (χ3v) is 3.06. The standard InChI is InChI=1S/C13H19N3O2/c1-4-13(2,3)12(17)15-10-8-6-5-7-9(10)11(14)16-18/h5-8,18H,4H2,1-3H3,(H2,14,16)(H,15,17). The first kappa shape index (κ1) is 14.0. The average molecular weight is 249 g/mol. The van der Waals surface area contributed by atoms with E-state index in [1.807, 2.05) is 20.8 Å². The third kappa shape index (κ3) is 3.00. The maximum atomic E-state index is 12.1. The van der Waals surface area contributed by atoms with Gasteiger partial charge in [-0.1, -0.05) is 38.1 Å². The molecular weight excluding hydrogens is 230 g/mol. The highest BCUT2D eigenvalue weighted by molar-refractivity contribution is 6.06. The second-order valence-corrected chi connectivity index (χ2v) is 4.72. The molecule has 0 aliphatic heterocycles. The molecule has 0 radical (unpaired) electrons. The molecule has 0 aliphatic carbocycles. The zero-order chi connectivity index (χ0) is 13.8. The number of nitrogens with zero attached hydrogens (tertiary/aromatic N) is 1. The highest BCUT2D eigenvalue weighted by Gasteiger charge is 2.26. The summed E-state index contributed by atoms with van der Waals surface area (Å²) >= 11 is 0. The van der Waals surface area contributed by atoms with Crippen molar-refractivity contribution in [2.24, 2.45) is 16.3 Å². The Kier molecular flexibility index (Phi) is 4.31. The van der Waals surface area contributed by atoms with Gasteiger partial charge in [0.1, 0.15) is 0 Å². The zero-order valence-electron chi connectivity index (χ0n) is 10.9. The highest BCUT2D eigenvalue weighted by atomic mass is 16.4. The van der Waals surface area contributed by atoms with Crippen LogP contribution in [-0.2, 0) is 4.79 Å². The number of anilines is 1. The van der Waals surface area contributed by atoms with E-state index in [0.717, 1.165) is 6.42 Å². The van der Waals surface area contributed by atoms with Gasteiger partial charge in [-0.15, -0.1) is 0 Å². The summed E-state index contributed by atoms with van der Waals surface area (Å²) in [6.45, 7) is 5.69. The Labute approximate surface area is 107 Å². The number of carbonyl (C=O) groups excluding carboxylic acids is 1. The number of hydrogen-bond donors (Lipinski definition) is 3. The summed E-state index contributed by atoms with van der Waals surface area (Å²) in [5.41, 5.74) is 6.14. The van der Waals surface area contributed by atoms with E-state index in [9.17, 15) is 4.79 Å². The van der Waals surface area contributed by atoms with Crippen LogP contribution in [0, 0.1) is 5.41 Å². The van der Waals surface area contributed by atoms with Gasteiger partial charge < -0.3 is 16.3 Å². The first-order valence-electron chi connectivity index (χ1n) is 5.80. The van der Waals surface area contributed by atoms with Crippen molar-refractivity contribution in [3.05, 3.63) is 29.8 Å². The maximum Gasteiger partial charge on any atom is 0.230 e. The largest absolute Gasteiger partial charge is 0.409 e. The van der Waals surface area contributed by atoms with Crippen molar-refractivity contribution in [1.29, 1.82) is 0 Å². The topological polar surface area (TPSA) is 87.7 Å². The first-order valence-corrected chi connectivity index (χ1v) is 5.80. The van der Waals surface area contributed by atoms with Crippen molar-refractivity contribution in [3.8, 4) is 0 Å². The van der Waals surface area contributed by atoms with E-state index in [4.69, 9.17) is 10.9 Å². The van der Waals surface area contributed by atoms with Gasteiger partial charge in [-0.05, 0) is 18.6 Å². The molecule has 0 bridgehead atoms. The van der Waals surface area contributed by atoms with Gasteiger partial charge in [0, 0.05) is 11.0 Å². The van der Waals surface area contributed by atoms with E-state index in [1.54, 1.807) is 24.3 Å². The fourth-order valence-corrected chi connectivity index (χ4v) is 1.32. The van der Waals surface area contributed by atoms with Crippen LogP contribution in [0.1, 0.15) is 32.8 Å². The van der Waals surface area contributed by atoms with Crippen LogP contribution in [0.5, 0.6) is 0 Å². The van der Waals surface area contributed by atoms with Gasteiger partial charge in [-0.2, -0.15) is 0 Å². The fraction of sp³-hybridized carbons (Fsp3) is 0.385. The molecule has 1 aromatic carbocycles. The number of benzene rings is 1. The van der Waals surface area contributed by atoms with Crippen LogP contribution in [0.25, 0.3) is 0 Å². The number of para-hydroxylation sites is 1. The average Bonchev–Trinajstić information content (AvgIpc) is 2.38. The molecule has 5 nitrogen and oxygen atoms in total. The predicted molar refractivity (Wildman–Crippen MR) is 71.7 cm³/mol. The van der Waals surface area contributed by atoms with Crippen LogP contribution in [0.3, 0.4) is 0 Å². The highest BCUT2D eigenvalue weighted by Crippen LogP contribution is 2.23. The second kappa shape index (κ2) is 5.53. The van der Waals surface area contributed by atoms with Gasteiger partial charge in [0.25, 0.3) is 0 Å². The van der Waals surface area contributed by atoms with Crippen molar-refractivity contribution >= 4 is 17.4 Å². The molecule has 5 heteroatoms. The van der Waals surface area contributed by atoms with Crippen molar-refractivity contribution in [2.75, 3.05) is 5.32 Å². The Morgan fingerprint density at radius 1 is 1.44 bits per heavy atom. The first-order chi connectivity index (χ1) is 8.42. The number of rotatable bonds is 4. The molecule has 4 N–H and O–H groups in total. The number of carbonyl (C=O) groups is 1. The minimum atomic E-state index is -0.460. The van der Waals surface area contributed by atoms with E-state index >= 15 is 0 Å². The Balaban J connectivity index is 3.02. The molecule has 98 valence electrons. The lowest BCUT2D eigenvalue weighted by molar-refractivity contribution is -0.124. The van der Waals surface area contributed by atoms with Crippen molar-refractivity contribution < 1.29 is 10.0 Å². The van der Waals surface area contributed by atoms with E-state index in [2.05, 4.69) is 10.5 Å². The molecule has 1 aromatic rings. The van der Waals surface area contributed by atoms with Gasteiger partial charge >= 0.3 is 0 Å². The van der Waals surface area contributed by atoms with Gasteiger partial charge in [0.2, 0.25) is 5.91 Å². The van der Waals surface area contributed by atoms with Gasteiger partial charge in [-0.25, -0.2) is 0 Å². The summed E-state index contributed by atoms with van der Waals surface area (Å²) in [5.74, 6) is -0.122. The van der Waals surface area contributed by atoms with Gasteiger partial charge in [0.05, 0.1) is 5.69 Å². The van der Waals surface area contributed by atoms with Crippen LogP contribution < -0.4 is 11.1 Å². The number of amidine groups is 1. The van der Waals surface area contributed by atoms with Crippen molar-refractivity contribution in [2.45, 2.75) is 27.2 Å². The van der Waals surface area contributed by atoms with Gasteiger partial charge in [0.15, 0.2) is 5.84 Å². The van der Waals surface area contributed by atoms with Crippen LogP contribution in [0.4, 0.5) is 5.69 Å². The van der Waals surface area contributed by atoms with Crippen LogP contribution in [0.2, 0.25) is 0 Å². The Hall–Kier alpha value is -2.04. The predicted octanol–water partition coefficient (Wildman–Crippen LogP) is 2.16.